The Morgan fingerprint density at radius 1 is 1.10 bits per heavy atom. The lowest BCUT2D eigenvalue weighted by Gasteiger charge is -2.42. The fraction of sp³-hybridized carbons (Fsp3) is 1.00. The Hall–Kier alpha value is -0.160. The second kappa shape index (κ2) is 7.21. The molecule has 3 N–H and O–H groups in total. The van der Waals surface area contributed by atoms with Crippen LogP contribution in [-0.4, -0.2) is 66.2 Å². The fourth-order valence-electron chi connectivity index (χ4n) is 3.70. The molecule has 0 aliphatic carbocycles. The Balaban J connectivity index is 1.82. The highest BCUT2D eigenvalue weighted by atomic mass is 15.2. The maximum absolute atomic E-state index is 6.01. The van der Waals surface area contributed by atoms with Crippen LogP contribution in [0.2, 0.25) is 0 Å². The molecular formula is C16H34N4. The van der Waals surface area contributed by atoms with Crippen molar-refractivity contribution in [2.75, 3.05) is 26.2 Å². The van der Waals surface area contributed by atoms with Gasteiger partial charge in [0.1, 0.15) is 0 Å². The average Bonchev–Trinajstić information content (AvgIpc) is 2.38. The molecule has 0 bridgehead atoms. The van der Waals surface area contributed by atoms with Crippen LogP contribution in [0.3, 0.4) is 0 Å². The molecule has 0 saturated carbocycles. The lowest BCUT2D eigenvalue weighted by atomic mass is 9.98. The largest absolute Gasteiger partial charge is 0.328 e. The van der Waals surface area contributed by atoms with Crippen molar-refractivity contribution in [3.63, 3.8) is 0 Å². The van der Waals surface area contributed by atoms with Crippen molar-refractivity contribution in [3.05, 3.63) is 0 Å². The van der Waals surface area contributed by atoms with Gasteiger partial charge in [0, 0.05) is 43.3 Å². The number of nitrogens with two attached hydrogens (primary N) is 1. The summed E-state index contributed by atoms with van der Waals surface area (Å²) in [5.41, 5.74) is 6.01. The van der Waals surface area contributed by atoms with Crippen molar-refractivity contribution in [1.29, 1.82) is 0 Å². The predicted octanol–water partition coefficient (Wildman–Crippen LogP) is 1.26. The van der Waals surface area contributed by atoms with E-state index < -0.39 is 0 Å². The summed E-state index contributed by atoms with van der Waals surface area (Å²) >= 11 is 0. The van der Waals surface area contributed by atoms with E-state index in [-0.39, 0.29) is 0 Å². The summed E-state index contributed by atoms with van der Waals surface area (Å²) in [4.78, 5) is 5.24. The number of rotatable bonds is 4. The summed E-state index contributed by atoms with van der Waals surface area (Å²) in [6.45, 7) is 14.1. The zero-order valence-corrected chi connectivity index (χ0v) is 13.8. The van der Waals surface area contributed by atoms with Crippen LogP contribution in [0.25, 0.3) is 0 Å². The van der Waals surface area contributed by atoms with Crippen LogP contribution in [0.1, 0.15) is 47.0 Å². The Morgan fingerprint density at radius 3 is 2.35 bits per heavy atom. The molecule has 0 amide bonds. The summed E-state index contributed by atoms with van der Waals surface area (Å²) in [6.07, 6.45) is 3.58. The summed E-state index contributed by atoms with van der Waals surface area (Å²) in [5.74, 6) is 0. The molecule has 2 rings (SSSR count). The summed E-state index contributed by atoms with van der Waals surface area (Å²) in [6, 6.07) is 3.00. The van der Waals surface area contributed by atoms with Gasteiger partial charge in [0.2, 0.25) is 0 Å². The van der Waals surface area contributed by atoms with E-state index in [2.05, 4.69) is 42.8 Å². The van der Waals surface area contributed by atoms with Crippen LogP contribution in [0.4, 0.5) is 0 Å². The van der Waals surface area contributed by atoms with Crippen LogP contribution >= 0.6 is 0 Å². The normalized spacial score (nSPS) is 32.7. The maximum atomic E-state index is 6.01. The van der Waals surface area contributed by atoms with Gasteiger partial charge in [-0.2, -0.15) is 0 Å². The van der Waals surface area contributed by atoms with E-state index in [1.807, 2.05) is 0 Å². The van der Waals surface area contributed by atoms with Crippen molar-refractivity contribution >= 4 is 0 Å². The highest BCUT2D eigenvalue weighted by Gasteiger charge is 2.28. The van der Waals surface area contributed by atoms with Gasteiger partial charge >= 0.3 is 0 Å². The van der Waals surface area contributed by atoms with E-state index in [1.54, 1.807) is 0 Å². The quantitative estimate of drug-likeness (QED) is 0.815. The lowest BCUT2D eigenvalue weighted by Crippen LogP contribution is -2.58. The zero-order valence-electron chi connectivity index (χ0n) is 13.8. The number of piperidine rings is 1. The Labute approximate surface area is 125 Å². The average molecular weight is 282 g/mol. The SMILES string of the molecule is CC1CN(C(C)C)CC(CC(C)N2CCC(N)CC2)N1. The second-order valence-corrected chi connectivity index (χ2v) is 7.27. The molecule has 2 aliphatic heterocycles. The molecule has 0 aromatic carbocycles. The minimum absolute atomic E-state index is 0.433. The highest BCUT2D eigenvalue weighted by Crippen LogP contribution is 2.18. The number of piperazine rings is 1. The van der Waals surface area contributed by atoms with Crippen LogP contribution in [0.15, 0.2) is 0 Å². The van der Waals surface area contributed by atoms with Crippen LogP contribution in [-0.2, 0) is 0 Å². The smallest absolute Gasteiger partial charge is 0.0212 e. The molecule has 4 nitrogen and oxygen atoms in total. The van der Waals surface area contributed by atoms with Gasteiger partial charge in [-0.05, 0) is 60.0 Å². The Morgan fingerprint density at radius 2 is 1.75 bits per heavy atom. The van der Waals surface area contributed by atoms with Crippen molar-refractivity contribution in [3.8, 4) is 0 Å². The van der Waals surface area contributed by atoms with E-state index in [9.17, 15) is 0 Å². The molecule has 0 radical (unpaired) electrons. The number of hydrogen-bond acceptors (Lipinski definition) is 4. The molecule has 0 aromatic heterocycles. The van der Waals surface area contributed by atoms with Crippen LogP contribution in [0.5, 0.6) is 0 Å². The van der Waals surface area contributed by atoms with Crippen molar-refractivity contribution in [2.45, 2.75) is 77.2 Å². The lowest BCUT2D eigenvalue weighted by molar-refractivity contribution is 0.0990. The first-order valence-corrected chi connectivity index (χ1v) is 8.45. The van der Waals surface area contributed by atoms with Gasteiger partial charge in [-0.3, -0.25) is 4.90 Å². The van der Waals surface area contributed by atoms with Gasteiger partial charge in [0.25, 0.3) is 0 Å². The molecular weight excluding hydrogens is 248 g/mol. The fourth-order valence-corrected chi connectivity index (χ4v) is 3.70. The minimum atomic E-state index is 0.433. The molecule has 0 aromatic rings. The van der Waals surface area contributed by atoms with E-state index in [1.165, 1.54) is 32.6 Å². The third-order valence-electron chi connectivity index (χ3n) is 5.04. The molecule has 2 fully saturated rings. The zero-order chi connectivity index (χ0) is 14.7. The van der Waals surface area contributed by atoms with Crippen molar-refractivity contribution < 1.29 is 0 Å². The van der Waals surface area contributed by atoms with Gasteiger partial charge in [-0.25, -0.2) is 0 Å². The standard InChI is InChI=1S/C16H34N4/c1-12(2)20-10-13(3)18-16(11-20)9-14(4)19-7-5-15(17)6-8-19/h12-16,18H,5-11,17H2,1-4H3. The predicted molar refractivity (Wildman–Crippen MR) is 86.0 cm³/mol. The van der Waals surface area contributed by atoms with E-state index >= 15 is 0 Å². The number of hydrogen-bond donors (Lipinski definition) is 2. The molecule has 2 aliphatic rings. The van der Waals surface area contributed by atoms with Crippen LogP contribution in [0, 0.1) is 0 Å². The number of likely N-dealkylation sites (tertiary alicyclic amines) is 1. The molecule has 2 saturated heterocycles. The minimum Gasteiger partial charge on any atom is -0.328 e. The third-order valence-corrected chi connectivity index (χ3v) is 5.04. The molecule has 0 spiro atoms. The molecule has 2 heterocycles. The van der Waals surface area contributed by atoms with E-state index in [0.29, 0.717) is 30.2 Å². The van der Waals surface area contributed by atoms with Gasteiger partial charge in [0.15, 0.2) is 0 Å². The van der Waals surface area contributed by atoms with Gasteiger partial charge in [-0.1, -0.05) is 0 Å². The first kappa shape index (κ1) is 16.2. The molecule has 118 valence electrons. The number of nitrogens with one attached hydrogen (secondary N) is 1. The summed E-state index contributed by atoms with van der Waals surface area (Å²) in [7, 11) is 0. The van der Waals surface area contributed by atoms with Gasteiger partial charge in [-0.15, -0.1) is 0 Å². The molecule has 3 unspecified atom stereocenters. The second-order valence-electron chi connectivity index (χ2n) is 7.27. The van der Waals surface area contributed by atoms with E-state index in [4.69, 9.17) is 5.73 Å². The van der Waals surface area contributed by atoms with Crippen molar-refractivity contribution in [1.82, 2.24) is 15.1 Å². The number of nitrogens with zero attached hydrogens (tertiary/aromatic N) is 2. The topological polar surface area (TPSA) is 44.5 Å². The highest BCUT2D eigenvalue weighted by molar-refractivity contribution is 4.88. The monoisotopic (exact) mass is 282 g/mol. The summed E-state index contributed by atoms with van der Waals surface area (Å²) < 4.78 is 0. The van der Waals surface area contributed by atoms with E-state index in [0.717, 1.165) is 12.8 Å². The van der Waals surface area contributed by atoms with Gasteiger partial charge in [0.05, 0.1) is 0 Å². The molecule has 4 heteroatoms. The third kappa shape index (κ3) is 4.42. The Bertz CT molecular complexity index is 286. The Kier molecular flexibility index (Phi) is 5.84. The molecule has 20 heavy (non-hydrogen) atoms. The molecule has 3 atom stereocenters. The summed E-state index contributed by atoms with van der Waals surface area (Å²) in [5, 5.41) is 3.79. The first-order chi connectivity index (χ1) is 9.45. The van der Waals surface area contributed by atoms with Crippen LogP contribution < -0.4 is 11.1 Å². The first-order valence-electron chi connectivity index (χ1n) is 8.45. The van der Waals surface area contributed by atoms with Gasteiger partial charge < -0.3 is 16.0 Å². The maximum Gasteiger partial charge on any atom is 0.0212 e. The van der Waals surface area contributed by atoms with Crippen molar-refractivity contribution in [2.24, 2.45) is 5.73 Å².